The van der Waals surface area contributed by atoms with Crippen molar-refractivity contribution in [3.05, 3.63) is 59.7 Å². The fourth-order valence-electron chi connectivity index (χ4n) is 7.21. The van der Waals surface area contributed by atoms with Gasteiger partial charge in [-0.1, -0.05) is 0 Å². The van der Waals surface area contributed by atoms with Crippen molar-refractivity contribution in [1.82, 2.24) is 24.0 Å². The van der Waals surface area contributed by atoms with E-state index in [0.29, 0.717) is 59.3 Å². The number of likely N-dealkylation sites (tertiary alicyclic amines) is 1. The molecule has 0 radical (unpaired) electrons. The van der Waals surface area contributed by atoms with E-state index in [1.807, 2.05) is 34.7 Å². The van der Waals surface area contributed by atoms with Crippen LogP contribution in [-0.4, -0.2) is 60.8 Å². The number of carbonyl (C=O) groups excluding carboxylic acids is 1. The molecule has 9 nitrogen and oxygen atoms in total. The summed E-state index contributed by atoms with van der Waals surface area (Å²) in [6.07, 6.45) is 4.20. The molecule has 226 valence electrons. The van der Waals surface area contributed by atoms with Crippen LogP contribution in [0.4, 0.5) is 8.78 Å². The normalized spacial score (nSPS) is 21.2. The summed E-state index contributed by atoms with van der Waals surface area (Å²) in [6.45, 7) is 1.38. The van der Waals surface area contributed by atoms with Crippen LogP contribution in [0.3, 0.4) is 0 Å². The molecule has 3 atom stereocenters. The average Bonchev–Trinajstić information content (AvgIpc) is 3.42. The van der Waals surface area contributed by atoms with Gasteiger partial charge in [-0.3, -0.25) is 4.79 Å². The van der Waals surface area contributed by atoms with Crippen LogP contribution in [0.2, 0.25) is 0 Å². The highest BCUT2D eigenvalue weighted by atomic mass is 19.1. The van der Waals surface area contributed by atoms with Crippen molar-refractivity contribution in [1.29, 1.82) is 0 Å². The molecule has 1 saturated heterocycles. The number of phenols is 1. The Balaban J connectivity index is 1.25. The molecule has 5 aromatic rings. The molecule has 2 aromatic carbocycles. The minimum Gasteiger partial charge on any atom is -0.505 e. The second kappa shape index (κ2) is 9.75. The number of carbonyl (C=O) groups is 1. The number of phenolic OH excluding ortho intramolecular Hbond substituents is 1. The van der Waals surface area contributed by atoms with Gasteiger partial charge in [0, 0.05) is 54.8 Å². The molecule has 0 spiro atoms. The van der Waals surface area contributed by atoms with Crippen LogP contribution in [-0.2, 0) is 13.6 Å². The number of benzene rings is 2. The largest absolute Gasteiger partial charge is 0.505 e. The van der Waals surface area contributed by atoms with Crippen molar-refractivity contribution in [3.63, 3.8) is 0 Å². The smallest absolute Gasteiger partial charge is 0.254 e. The maximum absolute atomic E-state index is 14.7. The fourth-order valence-corrected chi connectivity index (χ4v) is 7.21. The van der Waals surface area contributed by atoms with Gasteiger partial charge in [-0.15, -0.1) is 0 Å². The third-order valence-corrected chi connectivity index (χ3v) is 9.74. The van der Waals surface area contributed by atoms with Crippen molar-refractivity contribution in [2.45, 2.75) is 44.3 Å². The van der Waals surface area contributed by atoms with E-state index in [-0.39, 0.29) is 29.2 Å². The number of piperidine rings is 1. The number of imidazole rings is 1. The van der Waals surface area contributed by atoms with Gasteiger partial charge >= 0.3 is 0 Å². The average molecular weight is 599 g/mol. The van der Waals surface area contributed by atoms with Crippen LogP contribution < -0.4 is 10.5 Å². The van der Waals surface area contributed by atoms with Crippen molar-refractivity contribution < 1.29 is 23.4 Å². The Morgan fingerprint density at radius 2 is 1.89 bits per heavy atom. The van der Waals surface area contributed by atoms with E-state index in [0.717, 1.165) is 48.3 Å². The number of rotatable bonds is 6. The number of pyridine rings is 1. The lowest BCUT2D eigenvalue weighted by atomic mass is 10.1. The van der Waals surface area contributed by atoms with E-state index in [4.69, 9.17) is 20.4 Å². The van der Waals surface area contributed by atoms with Crippen molar-refractivity contribution >= 4 is 28.0 Å². The van der Waals surface area contributed by atoms with Gasteiger partial charge in [0.05, 0.1) is 24.0 Å². The van der Waals surface area contributed by atoms with E-state index in [9.17, 15) is 18.7 Å². The second-order valence-corrected chi connectivity index (χ2v) is 12.5. The number of nitrogens with zero attached hydrogens (tertiary/aromatic N) is 5. The first-order valence-corrected chi connectivity index (χ1v) is 15.0. The molecule has 0 unspecified atom stereocenters. The summed E-state index contributed by atoms with van der Waals surface area (Å²) in [4.78, 5) is 25.4. The highest BCUT2D eigenvalue weighted by molar-refractivity contribution is 6.00. The van der Waals surface area contributed by atoms with Gasteiger partial charge in [-0.2, -0.15) is 0 Å². The van der Waals surface area contributed by atoms with E-state index in [1.165, 1.54) is 0 Å². The number of methoxy groups -OCH3 is 1. The summed E-state index contributed by atoms with van der Waals surface area (Å²) in [5.41, 5.74) is 10.1. The van der Waals surface area contributed by atoms with Crippen molar-refractivity contribution in [3.8, 4) is 34.3 Å². The molecule has 8 rings (SSSR count). The van der Waals surface area contributed by atoms with E-state index in [1.54, 1.807) is 19.2 Å². The molecule has 1 amide bonds. The lowest BCUT2D eigenvalue weighted by Gasteiger charge is -2.27. The van der Waals surface area contributed by atoms with Gasteiger partial charge in [-0.05, 0) is 73.9 Å². The summed E-state index contributed by atoms with van der Waals surface area (Å²) >= 11 is 0. The van der Waals surface area contributed by atoms with Gasteiger partial charge in [0.2, 0.25) is 0 Å². The van der Waals surface area contributed by atoms with Crippen molar-refractivity contribution in [2.75, 3.05) is 13.7 Å². The van der Waals surface area contributed by atoms with Crippen LogP contribution in [0, 0.1) is 23.5 Å². The standard InChI is InChI=1S/C33H32F2N6O3/c1-39-30-24(9-19(11-28(30)44-2)33(43)41-15-18-6-8-25(41)29(18)36)38-32(39)26-10-17-5-7-23(20-12-27(42)22(35)13-21(20)34)37-31(17)40(26)14-16-3-4-16/h5,7,9-13,16,18,25,29,42H,3-4,6,8,14-15,36H2,1-2H3/t18-,25-,29-/m1/s1. The summed E-state index contributed by atoms with van der Waals surface area (Å²) in [6, 6.07) is 11.0. The van der Waals surface area contributed by atoms with Gasteiger partial charge in [-0.25, -0.2) is 18.7 Å². The van der Waals surface area contributed by atoms with Crippen LogP contribution >= 0.6 is 0 Å². The maximum atomic E-state index is 14.7. The van der Waals surface area contributed by atoms with Gasteiger partial charge < -0.3 is 29.6 Å². The van der Waals surface area contributed by atoms with Crippen LogP contribution in [0.5, 0.6) is 11.5 Å². The first-order chi connectivity index (χ1) is 21.2. The van der Waals surface area contributed by atoms with Gasteiger partial charge in [0.25, 0.3) is 5.91 Å². The molecule has 4 heterocycles. The highest BCUT2D eigenvalue weighted by Gasteiger charge is 2.47. The number of amides is 1. The zero-order valence-electron chi connectivity index (χ0n) is 24.4. The molecule has 3 N–H and O–H groups in total. The van der Waals surface area contributed by atoms with Crippen LogP contribution in [0.15, 0.2) is 42.5 Å². The Hall–Kier alpha value is -4.51. The zero-order valence-corrected chi connectivity index (χ0v) is 24.4. The molecule has 2 aliphatic carbocycles. The number of aryl methyl sites for hydroxylation is 1. The number of aromatic nitrogens is 4. The summed E-state index contributed by atoms with van der Waals surface area (Å²) in [7, 11) is 3.51. The maximum Gasteiger partial charge on any atom is 0.254 e. The molecule has 3 fully saturated rings. The third kappa shape index (κ3) is 4.09. The predicted molar refractivity (Wildman–Crippen MR) is 161 cm³/mol. The Labute approximate surface area is 251 Å². The molecule has 2 saturated carbocycles. The lowest BCUT2D eigenvalue weighted by molar-refractivity contribution is 0.0700. The number of hydrogen-bond acceptors (Lipinski definition) is 6. The molecule has 1 aliphatic heterocycles. The predicted octanol–water partition coefficient (Wildman–Crippen LogP) is 5.22. The fraction of sp³-hybridized carbons (Fsp3) is 0.364. The number of hydrogen-bond donors (Lipinski definition) is 2. The number of aromatic hydroxyl groups is 1. The van der Waals surface area contributed by atoms with E-state index in [2.05, 4.69) is 4.57 Å². The van der Waals surface area contributed by atoms with E-state index >= 15 is 0 Å². The van der Waals surface area contributed by atoms with Crippen LogP contribution in [0.25, 0.3) is 44.8 Å². The molecule has 44 heavy (non-hydrogen) atoms. The molecule has 3 aliphatic rings. The minimum absolute atomic E-state index is 0.0170. The Kier molecular flexibility index (Phi) is 6.00. The monoisotopic (exact) mass is 598 g/mol. The summed E-state index contributed by atoms with van der Waals surface area (Å²) < 4.78 is 38.4. The van der Waals surface area contributed by atoms with Crippen molar-refractivity contribution in [2.24, 2.45) is 24.6 Å². The topological polar surface area (TPSA) is 111 Å². The minimum atomic E-state index is -1.02. The summed E-state index contributed by atoms with van der Waals surface area (Å²) in [5, 5.41) is 10.7. The number of nitrogens with two attached hydrogens (primary N) is 1. The second-order valence-electron chi connectivity index (χ2n) is 12.5. The first kappa shape index (κ1) is 27.1. The zero-order chi connectivity index (χ0) is 30.4. The molecular weight excluding hydrogens is 566 g/mol. The number of halogens is 2. The SMILES string of the molecule is COc1cc(C(=O)N2C[C@H]3CC[C@@H]2[C@@H]3N)cc2nc(-c3cc4ccc(-c5cc(O)c(F)cc5F)nc4n3CC3CC3)n(C)c12. The Morgan fingerprint density at radius 3 is 2.59 bits per heavy atom. The Morgan fingerprint density at radius 1 is 1.07 bits per heavy atom. The molecule has 3 aromatic heterocycles. The quantitative estimate of drug-likeness (QED) is 0.277. The third-order valence-electron chi connectivity index (χ3n) is 9.74. The first-order valence-electron chi connectivity index (χ1n) is 15.0. The lowest BCUT2D eigenvalue weighted by Crippen LogP contribution is -2.41. The molecule has 11 heteroatoms. The van der Waals surface area contributed by atoms with Crippen LogP contribution in [0.1, 0.15) is 36.0 Å². The summed E-state index contributed by atoms with van der Waals surface area (Å²) in [5.74, 6) is -0.453. The van der Waals surface area contributed by atoms with Gasteiger partial charge in [0.1, 0.15) is 22.7 Å². The Bertz CT molecular complexity index is 2000. The van der Waals surface area contributed by atoms with E-state index < -0.39 is 17.4 Å². The molecular formula is C33H32F2N6O3. The molecule has 2 bridgehead atoms. The number of fused-ring (bicyclic) bond motifs is 4. The number of ether oxygens (including phenoxy) is 1. The highest BCUT2D eigenvalue weighted by Crippen LogP contribution is 2.40. The van der Waals surface area contributed by atoms with Gasteiger partial charge in [0.15, 0.2) is 17.4 Å².